The lowest BCUT2D eigenvalue weighted by atomic mass is 10.2. The Morgan fingerprint density at radius 1 is 1.11 bits per heavy atom. The van der Waals surface area contributed by atoms with Crippen molar-refractivity contribution in [1.29, 1.82) is 0 Å². The van der Waals surface area contributed by atoms with Gasteiger partial charge in [-0.1, -0.05) is 23.2 Å². The van der Waals surface area contributed by atoms with Crippen LogP contribution < -0.4 is 5.32 Å². The molecule has 2 rings (SSSR count). The molecule has 2 aromatic carbocycles. The number of nitro benzene ring substituents is 1. The third kappa shape index (κ3) is 3.37. The SMILES string of the molecule is O=[N+]([O-])c1ccc(Nc2ccc(Cl)cc2Cl)c(Br)c1. The summed E-state index contributed by atoms with van der Waals surface area (Å²) in [6.07, 6.45) is 0. The van der Waals surface area contributed by atoms with E-state index in [-0.39, 0.29) is 5.69 Å². The van der Waals surface area contributed by atoms with Gasteiger partial charge in [0.1, 0.15) is 0 Å². The van der Waals surface area contributed by atoms with Crippen LogP contribution in [0.2, 0.25) is 10.0 Å². The molecule has 0 aliphatic rings. The van der Waals surface area contributed by atoms with Crippen LogP contribution in [-0.2, 0) is 0 Å². The summed E-state index contributed by atoms with van der Waals surface area (Å²) in [5.74, 6) is 0. The maximum atomic E-state index is 10.6. The topological polar surface area (TPSA) is 55.2 Å². The van der Waals surface area contributed by atoms with Gasteiger partial charge in [0.2, 0.25) is 0 Å². The van der Waals surface area contributed by atoms with Crippen molar-refractivity contribution in [3.8, 4) is 0 Å². The van der Waals surface area contributed by atoms with E-state index in [2.05, 4.69) is 21.2 Å². The molecule has 0 saturated carbocycles. The summed E-state index contributed by atoms with van der Waals surface area (Å²) in [6.45, 7) is 0. The fourth-order valence-electron chi connectivity index (χ4n) is 1.45. The summed E-state index contributed by atoms with van der Waals surface area (Å²) in [6, 6.07) is 9.49. The molecular weight excluding hydrogens is 355 g/mol. The van der Waals surface area contributed by atoms with E-state index in [0.717, 1.165) is 0 Å². The number of rotatable bonds is 3. The second kappa shape index (κ2) is 5.77. The van der Waals surface area contributed by atoms with E-state index < -0.39 is 4.92 Å². The second-order valence-corrected chi connectivity index (χ2v) is 5.37. The Labute approximate surface area is 127 Å². The van der Waals surface area contributed by atoms with Crippen molar-refractivity contribution >= 4 is 56.2 Å². The number of nitrogens with one attached hydrogen (secondary N) is 1. The summed E-state index contributed by atoms with van der Waals surface area (Å²) in [4.78, 5) is 10.2. The van der Waals surface area contributed by atoms with E-state index in [9.17, 15) is 10.1 Å². The first-order chi connectivity index (χ1) is 8.97. The molecule has 0 radical (unpaired) electrons. The number of benzene rings is 2. The smallest absolute Gasteiger partial charge is 0.270 e. The molecule has 19 heavy (non-hydrogen) atoms. The molecule has 0 atom stereocenters. The van der Waals surface area contributed by atoms with Gasteiger partial charge >= 0.3 is 0 Å². The average molecular weight is 362 g/mol. The van der Waals surface area contributed by atoms with Crippen molar-refractivity contribution in [3.63, 3.8) is 0 Å². The number of hydrogen-bond donors (Lipinski definition) is 1. The van der Waals surface area contributed by atoms with Crippen molar-refractivity contribution in [2.45, 2.75) is 0 Å². The first-order valence-electron chi connectivity index (χ1n) is 5.13. The summed E-state index contributed by atoms with van der Waals surface area (Å²) in [7, 11) is 0. The number of non-ortho nitro benzene ring substituents is 1. The van der Waals surface area contributed by atoms with Crippen molar-refractivity contribution in [2.75, 3.05) is 5.32 Å². The molecule has 0 amide bonds. The van der Waals surface area contributed by atoms with E-state index in [0.29, 0.717) is 25.9 Å². The molecule has 0 fully saturated rings. The molecule has 0 aromatic heterocycles. The first kappa shape index (κ1) is 14.1. The fraction of sp³-hybridized carbons (Fsp3) is 0. The minimum absolute atomic E-state index is 0.0135. The molecule has 1 N–H and O–H groups in total. The predicted octanol–water partition coefficient (Wildman–Crippen LogP) is 5.41. The summed E-state index contributed by atoms with van der Waals surface area (Å²) < 4.78 is 0.577. The molecular formula is C12H7BrCl2N2O2. The van der Waals surface area contributed by atoms with Crippen LogP contribution in [0, 0.1) is 10.1 Å². The van der Waals surface area contributed by atoms with E-state index >= 15 is 0 Å². The molecule has 0 unspecified atom stereocenters. The summed E-state index contributed by atoms with van der Waals surface area (Å²) in [5, 5.41) is 14.7. The third-order valence-corrected chi connectivity index (χ3v) is 3.57. The van der Waals surface area contributed by atoms with Crippen LogP contribution in [-0.4, -0.2) is 4.92 Å². The highest BCUT2D eigenvalue weighted by Crippen LogP contribution is 2.33. The predicted molar refractivity (Wildman–Crippen MR) is 80.5 cm³/mol. The highest BCUT2D eigenvalue weighted by Gasteiger charge is 2.10. The molecule has 0 bridgehead atoms. The lowest BCUT2D eigenvalue weighted by Crippen LogP contribution is -1.94. The Bertz CT molecular complexity index is 650. The molecule has 4 nitrogen and oxygen atoms in total. The molecule has 2 aromatic rings. The first-order valence-corrected chi connectivity index (χ1v) is 6.68. The Balaban J connectivity index is 2.31. The van der Waals surface area contributed by atoms with Gasteiger partial charge in [-0.3, -0.25) is 10.1 Å². The highest BCUT2D eigenvalue weighted by atomic mass is 79.9. The molecule has 98 valence electrons. The number of hydrogen-bond acceptors (Lipinski definition) is 3. The molecule has 0 saturated heterocycles. The van der Waals surface area contributed by atoms with E-state index in [4.69, 9.17) is 23.2 Å². The van der Waals surface area contributed by atoms with Gasteiger partial charge in [-0.25, -0.2) is 0 Å². The molecule has 7 heteroatoms. The van der Waals surface area contributed by atoms with Crippen LogP contribution in [0.1, 0.15) is 0 Å². The van der Waals surface area contributed by atoms with Gasteiger partial charge in [-0.2, -0.15) is 0 Å². The molecule has 0 spiro atoms. The van der Waals surface area contributed by atoms with Gasteiger partial charge in [-0.05, 0) is 40.2 Å². The zero-order valence-electron chi connectivity index (χ0n) is 9.36. The quantitative estimate of drug-likeness (QED) is 0.587. The van der Waals surface area contributed by atoms with E-state index in [1.54, 1.807) is 24.3 Å². The maximum Gasteiger partial charge on any atom is 0.270 e. The van der Waals surface area contributed by atoms with Crippen LogP contribution in [0.25, 0.3) is 0 Å². The van der Waals surface area contributed by atoms with E-state index in [1.165, 1.54) is 12.1 Å². The zero-order valence-corrected chi connectivity index (χ0v) is 12.5. The zero-order chi connectivity index (χ0) is 14.0. The molecule has 0 aliphatic carbocycles. The Hall–Kier alpha value is -1.30. The van der Waals surface area contributed by atoms with E-state index in [1.807, 2.05) is 0 Å². The lowest BCUT2D eigenvalue weighted by molar-refractivity contribution is -0.384. The van der Waals surface area contributed by atoms with Gasteiger partial charge in [0.05, 0.1) is 21.3 Å². The number of nitro groups is 1. The van der Waals surface area contributed by atoms with Crippen molar-refractivity contribution in [1.82, 2.24) is 0 Å². The molecule has 0 heterocycles. The highest BCUT2D eigenvalue weighted by molar-refractivity contribution is 9.10. The number of nitrogens with zero attached hydrogens (tertiary/aromatic N) is 1. The monoisotopic (exact) mass is 360 g/mol. The Morgan fingerprint density at radius 2 is 1.79 bits per heavy atom. The molecule has 0 aliphatic heterocycles. The normalized spacial score (nSPS) is 10.3. The lowest BCUT2D eigenvalue weighted by Gasteiger charge is -2.10. The van der Waals surface area contributed by atoms with Crippen LogP contribution >= 0.6 is 39.1 Å². The average Bonchev–Trinajstić information content (AvgIpc) is 2.34. The maximum absolute atomic E-state index is 10.6. The van der Waals surface area contributed by atoms with Gasteiger partial charge in [-0.15, -0.1) is 0 Å². The minimum Gasteiger partial charge on any atom is -0.353 e. The van der Waals surface area contributed by atoms with Crippen molar-refractivity contribution in [3.05, 3.63) is 61.0 Å². The standard InChI is InChI=1S/C12H7BrCl2N2O2/c13-9-6-8(17(18)19)2-4-11(9)16-12-3-1-7(14)5-10(12)15/h1-6,16H. The van der Waals surface area contributed by atoms with Crippen LogP contribution in [0.5, 0.6) is 0 Å². The Kier molecular flexibility index (Phi) is 4.29. The largest absolute Gasteiger partial charge is 0.353 e. The summed E-state index contributed by atoms with van der Waals surface area (Å²) in [5.41, 5.74) is 1.36. The van der Waals surface area contributed by atoms with Crippen molar-refractivity contribution < 1.29 is 4.92 Å². The second-order valence-electron chi connectivity index (χ2n) is 3.67. The number of halogens is 3. The minimum atomic E-state index is -0.455. The summed E-state index contributed by atoms with van der Waals surface area (Å²) >= 11 is 15.1. The van der Waals surface area contributed by atoms with Gasteiger partial charge in [0, 0.05) is 21.6 Å². The van der Waals surface area contributed by atoms with Gasteiger partial charge < -0.3 is 5.32 Å². The fourth-order valence-corrected chi connectivity index (χ4v) is 2.38. The van der Waals surface area contributed by atoms with Crippen molar-refractivity contribution in [2.24, 2.45) is 0 Å². The van der Waals surface area contributed by atoms with Gasteiger partial charge in [0.15, 0.2) is 0 Å². The number of anilines is 2. The van der Waals surface area contributed by atoms with Crippen LogP contribution in [0.4, 0.5) is 17.1 Å². The van der Waals surface area contributed by atoms with Gasteiger partial charge in [0.25, 0.3) is 5.69 Å². The Morgan fingerprint density at radius 3 is 2.37 bits per heavy atom. The third-order valence-electron chi connectivity index (χ3n) is 2.36. The van der Waals surface area contributed by atoms with Crippen LogP contribution in [0.3, 0.4) is 0 Å². The van der Waals surface area contributed by atoms with Crippen LogP contribution in [0.15, 0.2) is 40.9 Å².